The van der Waals surface area contributed by atoms with E-state index in [9.17, 15) is 4.79 Å². The molecule has 1 aromatic heterocycles. The highest BCUT2D eigenvalue weighted by Crippen LogP contribution is 2.18. The summed E-state index contributed by atoms with van der Waals surface area (Å²) >= 11 is 0. The molecular formula is C15H19NO3. The molecule has 1 N–H and O–H groups in total. The number of carbonyl (C=O) groups is 1. The van der Waals surface area contributed by atoms with Crippen LogP contribution >= 0.6 is 0 Å². The minimum Gasteiger partial charge on any atom is -0.478 e. The highest BCUT2D eigenvalue weighted by Gasteiger charge is 2.10. The molecule has 0 radical (unpaired) electrons. The van der Waals surface area contributed by atoms with Crippen molar-refractivity contribution in [2.45, 2.75) is 32.9 Å². The van der Waals surface area contributed by atoms with Crippen LogP contribution in [0.1, 0.15) is 31.1 Å². The summed E-state index contributed by atoms with van der Waals surface area (Å²) in [7, 11) is 0. The van der Waals surface area contributed by atoms with Gasteiger partial charge in [-0.2, -0.15) is 0 Å². The second kappa shape index (κ2) is 5.05. The number of hydrogen-bond acceptors (Lipinski definition) is 2. The Kier molecular flexibility index (Phi) is 3.62. The standard InChI is InChI=1S/C15H19NO3/c1-15(2,3)19-9-8-16-7-6-11-10-12(14(17)18)4-5-13(11)16/h4-7,10H,8-9H2,1-3H3,(H,17,18). The van der Waals surface area contributed by atoms with Gasteiger partial charge in [-0.3, -0.25) is 0 Å². The Morgan fingerprint density at radius 2 is 2.05 bits per heavy atom. The second-order valence-electron chi connectivity index (χ2n) is 5.55. The summed E-state index contributed by atoms with van der Waals surface area (Å²) in [4.78, 5) is 10.9. The van der Waals surface area contributed by atoms with Gasteiger partial charge in [0.25, 0.3) is 0 Å². The number of hydrogen-bond donors (Lipinski definition) is 1. The van der Waals surface area contributed by atoms with Crippen LogP contribution in [-0.2, 0) is 11.3 Å². The maximum atomic E-state index is 10.9. The first-order chi connectivity index (χ1) is 8.87. The summed E-state index contributed by atoms with van der Waals surface area (Å²) in [5.74, 6) is -0.897. The van der Waals surface area contributed by atoms with Gasteiger partial charge in [0.05, 0.1) is 17.8 Å². The molecule has 0 aliphatic rings. The third-order valence-corrected chi connectivity index (χ3v) is 2.89. The summed E-state index contributed by atoms with van der Waals surface area (Å²) in [5.41, 5.74) is 1.21. The number of nitrogens with zero attached hydrogens (tertiary/aromatic N) is 1. The van der Waals surface area contributed by atoms with Gasteiger partial charge in [-0.05, 0) is 45.0 Å². The third-order valence-electron chi connectivity index (χ3n) is 2.89. The second-order valence-corrected chi connectivity index (χ2v) is 5.55. The van der Waals surface area contributed by atoms with Gasteiger partial charge in [-0.15, -0.1) is 0 Å². The Morgan fingerprint density at radius 1 is 1.32 bits per heavy atom. The third kappa shape index (κ3) is 3.35. The first-order valence-corrected chi connectivity index (χ1v) is 6.33. The Morgan fingerprint density at radius 3 is 2.68 bits per heavy atom. The molecule has 0 atom stereocenters. The molecule has 102 valence electrons. The summed E-state index contributed by atoms with van der Waals surface area (Å²) in [6, 6.07) is 7.10. The Bertz CT molecular complexity index is 593. The zero-order chi connectivity index (χ0) is 14.0. The van der Waals surface area contributed by atoms with E-state index in [0.29, 0.717) is 12.2 Å². The Balaban J connectivity index is 2.15. The van der Waals surface area contributed by atoms with Crippen molar-refractivity contribution < 1.29 is 14.6 Å². The Labute approximate surface area is 112 Å². The number of ether oxygens (including phenoxy) is 1. The number of benzene rings is 1. The molecule has 0 amide bonds. The number of aromatic carboxylic acids is 1. The molecule has 0 spiro atoms. The molecule has 1 aromatic carbocycles. The molecule has 0 bridgehead atoms. The summed E-state index contributed by atoms with van der Waals surface area (Å²) in [6.45, 7) is 7.47. The highest BCUT2D eigenvalue weighted by molar-refractivity contribution is 5.93. The van der Waals surface area contributed by atoms with Crippen molar-refractivity contribution in [1.29, 1.82) is 0 Å². The van der Waals surface area contributed by atoms with Crippen molar-refractivity contribution in [3.8, 4) is 0 Å². The summed E-state index contributed by atoms with van der Waals surface area (Å²) in [5, 5.41) is 9.90. The molecular weight excluding hydrogens is 242 g/mol. The number of aromatic nitrogens is 1. The number of rotatable bonds is 4. The zero-order valence-corrected chi connectivity index (χ0v) is 11.5. The lowest BCUT2D eigenvalue weighted by atomic mass is 10.1. The normalized spacial score (nSPS) is 11.9. The van der Waals surface area contributed by atoms with Gasteiger partial charge in [0.15, 0.2) is 0 Å². The van der Waals surface area contributed by atoms with E-state index < -0.39 is 5.97 Å². The van der Waals surface area contributed by atoms with Gasteiger partial charge < -0.3 is 14.4 Å². The molecule has 2 aromatic rings. The summed E-state index contributed by atoms with van der Waals surface area (Å²) in [6.07, 6.45) is 1.96. The first-order valence-electron chi connectivity index (χ1n) is 6.33. The van der Waals surface area contributed by atoms with Crippen molar-refractivity contribution in [2.75, 3.05) is 6.61 Å². The van der Waals surface area contributed by atoms with Crippen molar-refractivity contribution in [3.63, 3.8) is 0 Å². The lowest BCUT2D eigenvalue weighted by Crippen LogP contribution is -2.21. The Hall–Kier alpha value is -1.81. The molecule has 0 aliphatic heterocycles. The molecule has 0 aliphatic carbocycles. The van der Waals surface area contributed by atoms with Gasteiger partial charge in [0.1, 0.15) is 0 Å². The van der Waals surface area contributed by atoms with E-state index in [1.54, 1.807) is 12.1 Å². The lowest BCUT2D eigenvalue weighted by molar-refractivity contribution is -0.00645. The molecule has 0 saturated heterocycles. The van der Waals surface area contributed by atoms with Crippen molar-refractivity contribution in [1.82, 2.24) is 4.57 Å². The van der Waals surface area contributed by atoms with E-state index in [2.05, 4.69) is 4.57 Å². The monoisotopic (exact) mass is 261 g/mol. The zero-order valence-electron chi connectivity index (χ0n) is 11.5. The molecule has 0 saturated carbocycles. The van der Waals surface area contributed by atoms with Gasteiger partial charge in [0, 0.05) is 23.6 Å². The molecule has 0 unspecified atom stereocenters. The quantitative estimate of drug-likeness (QED) is 0.919. The van der Waals surface area contributed by atoms with Crippen LogP contribution < -0.4 is 0 Å². The predicted octanol–water partition coefficient (Wildman–Crippen LogP) is 3.15. The fourth-order valence-corrected chi connectivity index (χ4v) is 1.98. The fourth-order valence-electron chi connectivity index (χ4n) is 1.98. The molecule has 4 heteroatoms. The minimum absolute atomic E-state index is 0.139. The van der Waals surface area contributed by atoms with E-state index >= 15 is 0 Å². The average molecular weight is 261 g/mol. The van der Waals surface area contributed by atoms with E-state index in [0.717, 1.165) is 17.4 Å². The molecule has 0 fully saturated rings. The van der Waals surface area contributed by atoms with Crippen LogP contribution in [0, 0.1) is 0 Å². The van der Waals surface area contributed by atoms with Crippen LogP contribution in [0.2, 0.25) is 0 Å². The van der Waals surface area contributed by atoms with Crippen LogP contribution in [0.3, 0.4) is 0 Å². The number of carboxylic acids is 1. The topological polar surface area (TPSA) is 51.5 Å². The van der Waals surface area contributed by atoms with Crippen LogP contribution in [0.5, 0.6) is 0 Å². The highest BCUT2D eigenvalue weighted by atomic mass is 16.5. The van der Waals surface area contributed by atoms with Crippen molar-refractivity contribution in [2.24, 2.45) is 0 Å². The minimum atomic E-state index is -0.897. The fraction of sp³-hybridized carbons (Fsp3) is 0.400. The molecule has 19 heavy (non-hydrogen) atoms. The van der Waals surface area contributed by atoms with Crippen LogP contribution in [-0.4, -0.2) is 27.9 Å². The van der Waals surface area contributed by atoms with Crippen molar-refractivity contribution in [3.05, 3.63) is 36.0 Å². The lowest BCUT2D eigenvalue weighted by Gasteiger charge is -2.19. The van der Waals surface area contributed by atoms with E-state index in [-0.39, 0.29) is 5.60 Å². The maximum absolute atomic E-state index is 10.9. The van der Waals surface area contributed by atoms with E-state index in [1.165, 1.54) is 0 Å². The van der Waals surface area contributed by atoms with Gasteiger partial charge in [-0.1, -0.05) is 0 Å². The van der Waals surface area contributed by atoms with Crippen LogP contribution in [0.25, 0.3) is 10.9 Å². The SMILES string of the molecule is CC(C)(C)OCCn1ccc2cc(C(=O)O)ccc21. The van der Waals surface area contributed by atoms with E-state index in [4.69, 9.17) is 9.84 Å². The molecule has 4 nitrogen and oxygen atoms in total. The largest absolute Gasteiger partial charge is 0.478 e. The summed E-state index contributed by atoms with van der Waals surface area (Å²) < 4.78 is 7.77. The average Bonchev–Trinajstić information content (AvgIpc) is 2.70. The van der Waals surface area contributed by atoms with E-state index in [1.807, 2.05) is 39.1 Å². The van der Waals surface area contributed by atoms with Gasteiger partial charge in [-0.25, -0.2) is 4.79 Å². The number of carboxylic acid groups (broad SMARTS) is 1. The van der Waals surface area contributed by atoms with Gasteiger partial charge >= 0.3 is 5.97 Å². The molecule has 1 heterocycles. The van der Waals surface area contributed by atoms with Gasteiger partial charge in [0.2, 0.25) is 0 Å². The maximum Gasteiger partial charge on any atom is 0.335 e. The first kappa shape index (κ1) is 13.6. The van der Waals surface area contributed by atoms with Crippen molar-refractivity contribution >= 4 is 16.9 Å². The van der Waals surface area contributed by atoms with Crippen LogP contribution in [0.15, 0.2) is 30.5 Å². The predicted molar refractivity (Wildman–Crippen MR) is 74.6 cm³/mol. The molecule has 2 rings (SSSR count). The van der Waals surface area contributed by atoms with Crippen LogP contribution in [0.4, 0.5) is 0 Å². The number of fused-ring (bicyclic) bond motifs is 1. The smallest absolute Gasteiger partial charge is 0.335 e.